The Bertz CT molecular complexity index is 401. The van der Waals surface area contributed by atoms with Crippen LogP contribution in [0.5, 0.6) is 5.75 Å². The molecule has 3 heteroatoms. The smallest absolute Gasteiger partial charge is 0.129 e. The van der Waals surface area contributed by atoms with Crippen LogP contribution in [0, 0.1) is 6.92 Å². The number of nitrogens with zero attached hydrogens (tertiary/aromatic N) is 1. The maximum atomic E-state index is 10.9. The van der Waals surface area contributed by atoms with Gasteiger partial charge in [0.15, 0.2) is 0 Å². The van der Waals surface area contributed by atoms with Crippen LogP contribution in [0.3, 0.4) is 0 Å². The van der Waals surface area contributed by atoms with Crippen LogP contribution < -0.4 is 9.64 Å². The minimum absolute atomic E-state index is 0.256. The molecule has 0 atom stereocenters. The number of ketones is 1. The Labute approximate surface area is 110 Å². The van der Waals surface area contributed by atoms with Gasteiger partial charge >= 0.3 is 0 Å². The van der Waals surface area contributed by atoms with Crippen LogP contribution >= 0.6 is 0 Å². The molecule has 0 spiro atoms. The normalized spacial score (nSPS) is 10.2. The maximum Gasteiger partial charge on any atom is 0.129 e. The standard InChI is InChI=1S/C15H23NO2/c1-5-18-15-9-8-14(11-12(15)2)16(4)10-6-7-13(3)17/h8-9,11H,5-7,10H2,1-4H3. The first-order chi connectivity index (χ1) is 8.54. The van der Waals surface area contributed by atoms with Crippen LogP contribution in [0.1, 0.15) is 32.3 Å². The van der Waals surface area contributed by atoms with E-state index in [0.29, 0.717) is 13.0 Å². The zero-order valence-electron chi connectivity index (χ0n) is 11.8. The van der Waals surface area contributed by atoms with Crippen LogP contribution in [0.25, 0.3) is 0 Å². The Kier molecular flexibility index (Phi) is 5.69. The van der Waals surface area contributed by atoms with Gasteiger partial charge in [-0.3, -0.25) is 0 Å². The molecule has 0 aliphatic carbocycles. The lowest BCUT2D eigenvalue weighted by Gasteiger charge is -2.20. The van der Waals surface area contributed by atoms with Crippen molar-refractivity contribution < 1.29 is 9.53 Å². The maximum absolute atomic E-state index is 10.9. The van der Waals surface area contributed by atoms with E-state index in [4.69, 9.17) is 4.74 Å². The number of aryl methyl sites for hydroxylation is 1. The highest BCUT2D eigenvalue weighted by molar-refractivity contribution is 5.75. The second-order valence-corrected chi connectivity index (χ2v) is 4.61. The summed E-state index contributed by atoms with van der Waals surface area (Å²) < 4.78 is 5.52. The molecule has 0 aliphatic heterocycles. The fourth-order valence-corrected chi connectivity index (χ4v) is 1.88. The second-order valence-electron chi connectivity index (χ2n) is 4.61. The molecule has 0 amide bonds. The van der Waals surface area contributed by atoms with Gasteiger partial charge in [0, 0.05) is 25.7 Å². The Morgan fingerprint density at radius 2 is 2.11 bits per heavy atom. The average molecular weight is 249 g/mol. The van der Waals surface area contributed by atoms with Crippen molar-refractivity contribution in [1.82, 2.24) is 0 Å². The molecule has 0 aromatic heterocycles. The number of hydrogen-bond acceptors (Lipinski definition) is 3. The van der Waals surface area contributed by atoms with Gasteiger partial charge in [0.2, 0.25) is 0 Å². The van der Waals surface area contributed by atoms with Crippen molar-refractivity contribution in [2.45, 2.75) is 33.6 Å². The summed E-state index contributed by atoms with van der Waals surface area (Å²) in [7, 11) is 2.05. The van der Waals surface area contributed by atoms with Crippen molar-refractivity contribution in [3.63, 3.8) is 0 Å². The zero-order chi connectivity index (χ0) is 13.5. The van der Waals surface area contributed by atoms with E-state index >= 15 is 0 Å². The molecule has 0 heterocycles. The molecule has 0 N–H and O–H groups in total. The van der Waals surface area contributed by atoms with Crippen LogP contribution in [0.4, 0.5) is 5.69 Å². The molecule has 100 valence electrons. The largest absolute Gasteiger partial charge is 0.494 e. The minimum Gasteiger partial charge on any atom is -0.494 e. The summed E-state index contributed by atoms with van der Waals surface area (Å²) >= 11 is 0. The molecular weight excluding hydrogens is 226 g/mol. The molecule has 3 nitrogen and oxygen atoms in total. The molecule has 0 unspecified atom stereocenters. The van der Waals surface area contributed by atoms with Crippen LogP contribution in [0.2, 0.25) is 0 Å². The number of carbonyl (C=O) groups is 1. The summed E-state index contributed by atoms with van der Waals surface area (Å²) in [6, 6.07) is 6.19. The summed E-state index contributed by atoms with van der Waals surface area (Å²) in [5.74, 6) is 1.20. The van der Waals surface area contributed by atoms with Crippen molar-refractivity contribution in [2.75, 3.05) is 25.1 Å². The van der Waals surface area contributed by atoms with Crippen molar-refractivity contribution >= 4 is 11.5 Å². The molecule has 1 aromatic carbocycles. The molecule has 1 aromatic rings. The number of Topliss-reactive ketones (excluding diaryl/α,β-unsaturated/α-hetero) is 1. The van der Waals surface area contributed by atoms with Gasteiger partial charge < -0.3 is 14.4 Å². The molecule has 0 aliphatic rings. The Morgan fingerprint density at radius 3 is 2.67 bits per heavy atom. The van der Waals surface area contributed by atoms with Crippen molar-refractivity contribution in [3.8, 4) is 5.75 Å². The Hall–Kier alpha value is -1.51. The number of carbonyl (C=O) groups excluding carboxylic acids is 1. The van der Waals surface area contributed by atoms with Crippen molar-refractivity contribution in [2.24, 2.45) is 0 Å². The third kappa shape index (κ3) is 4.40. The number of anilines is 1. The fourth-order valence-electron chi connectivity index (χ4n) is 1.88. The van der Waals surface area contributed by atoms with Gasteiger partial charge in [-0.2, -0.15) is 0 Å². The fraction of sp³-hybridized carbons (Fsp3) is 0.533. The van der Waals surface area contributed by atoms with E-state index in [9.17, 15) is 4.79 Å². The van der Waals surface area contributed by atoms with E-state index in [1.165, 1.54) is 5.69 Å². The molecule has 0 saturated carbocycles. The topological polar surface area (TPSA) is 29.5 Å². The van der Waals surface area contributed by atoms with E-state index < -0.39 is 0 Å². The molecule has 0 saturated heterocycles. The predicted molar refractivity (Wildman–Crippen MR) is 75.5 cm³/mol. The van der Waals surface area contributed by atoms with E-state index in [2.05, 4.69) is 31.0 Å². The summed E-state index contributed by atoms with van der Waals surface area (Å²) in [5.41, 5.74) is 2.31. The predicted octanol–water partition coefficient (Wildman–Crippen LogP) is 3.20. The average Bonchev–Trinajstić information content (AvgIpc) is 2.31. The van der Waals surface area contributed by atoms with Crippen LogP contribution in [-0.4, -0.2) is 26.0 Å². The number of benzene rings is 1. The van der Waals surface area contributed by atoms with E-state index in [0.717, 1.165) is 24.3 Å². The van der Waals surface area contributed by atoms with Gasteiger partial charge in [0.05, 0.1) is 6.61 Å². The molecule has 0 radical (unpaired) electrons. The molecule has 1 rings (SSSR count). The van der Waals surface area contributed by atoms with E-state index in [1.54, 1.807) is 6.92 Å². The highest BCUT2D eigenvalue weighted by Crippen LogP contribution is 2.24. The van der Waals surface area contributed by atoms with Gasteiger partial charge in [0.1, 0.15) is 11.5 Å². The SMILES string of the molecule is CCOc1ccc(N(C)CCCC(C)=O)cc1C. The first-order valence-corrected chi connectivity index (χ1v) is 6.48. The summed E-state index contributed by atoms with van der Waals surface area (Å²) in [4.78, 5) is 13.1. The van der Waals surface area contributed by atoms with Gasteiger partial charge in [0.25, 0.3) is 0 Å². The van der Waals surface area contributed by atoms with Gasteiger partial charge in [-0.15, -0.1) is 0 Å². The number of rotatable bonds is 7. The third-order valence-electron chi connectivity index (χ3n) is 2.92. The minimum atomic E-state index is 0.256. The van der Waals surface area contributed by atoms with Gasteiger partial charge in [-0.25, -0.2) is 0 Å². The summed E-state index contributed by atoms with van der Waals surface area (Å²) in [6.45, 7) is 7.27. The van der Waals surface area contributed by atoms with Gasteiger partial charge in [-0.05, 0) is 51.0 Å². The molecule has 0 bridgehead atoms. The Balaban J connectivity index is 2.60. The lowest BCUT2D eigenvalue weighted by molar-refractivity contribution is -0.117. The number of ether oxygens (including phenoxy) is 1. The highest BCUT2D eigenvalue weighted by Gasteiger charge is 2.05. The molecular formula is C15H23NO2. The van der Waals surface area contributed by atoms with Crippen molar-refractivity contribution in [1.29, 1.82) is 0 Å². The monoisotopic (exact) mass is 249 g/mol. The van der Waals surface area contributed by atoms with E-state index in [1.807, 2.05) is 13.0 Å². The second kappa shape index (κ2) is 7.04. The van der Waals surface area contributed by atoms with Gasteiger partial charge in [-0.1, -0.05) is 0 Å². The molecule has 0 fully saturated rings. The lowest BCUT2D eigenvalue weighted by atomic mass is 10.1. The zero-order valence-corrected chi connectivity index (χ0v) is 11.8. The first-order valence-electron chi connectivity index (χ1n) is 6.48. The summed E-state index contributed by atoms with van der Waals surface area (Å²) in [6.07, 6.45) is 1.55. The number of hydrogen-bond donors (Lipinski definition) is 0. The third-order valence-corrected chi connectivity index (χ3v) is 2.92. The quantitative estimate of drug-likeness (QED) is 0.743. The first kappa shape index (κ1) is 14.6. The van der Waals surface area contributed by atoms with Crippen molar-refractivity contribution in [3.05, 3.63) is 23.8 Å². The van der Waals surface area contributed by atoms with Crippen LogP contribution in [0.15, 0.2) is 18.2 Å². The lowest BCUT2D eigenvalue weighted by Crippen LogP contribution is -2.19. The van der Waals surface area contributed by atoms with E-state index in [-0.39, 0.29) is 5.78 Å². The highest BCUT2D eigenvalue weighted by atomic mass is 16.5. The summed E-state index contributed by atoms with van der Waals surface area (Å²) in [5, 5.41) is 0. The Morgan fingerprint density at radius 1 is 1.39 bits per heavy atom. The van der Waals surface area contributed by atoms with Crippen LogP contribution in [-0.2, 0) is 4.79 Å². The molecule has 18 heavy (non-hydrogen) atoms.